The summed E-state index contributed by atoms with van der Waals surface area (Å²) in [6.07, 6.45) is 1.63. The summed E-state index contributed by atoms with van der Waals surface area (Å²) in [6, 6.07) is 13.4. The van der Waals surface area contributed by atoms with Gasteiger partial charge >= 0.3 is 0 Å². The molecule has 1 amide bonds. The van der Waals surface area contributed by atoms with Gasteiger partial charge in [-0.15, -0.1) is 0 Å². The highest BCUT2D eigenvalue weighted by Crippen LogP contribution is 2.30. The Morgan fingerprint density at radius 3 is 2.38 bits per heavy atom. The lowest BCUT2D eigenvalue weighted by atomic mass is 9.95. The third-order valence-corrected chi connectivity index (χ3v) is 4.21. The highest BCUT2D eigenvalue weighted by Gasteiger charge is 2.14. The molecule has 0 aliphatic rings. The maximum absolute atomic E-state index is 12.5. The van der Waals surface area contributed by atoms with Crippen molar-refractivity contribution in [1.82, 2.24) is 0 Å². The van der Waals surface area contributed by atoms with E-state index in [4.69, 9.17) is 4.74 Å². The number of aryl methyl sites for hydroxylation is 2. The third kappa shape index (κ3) is 4.52. The Labute approximate surface area is 155 Å². The Hall–Kier alpha value is -3.06. The molecule has 0 bridgehead atoms. The normalized spacial score (nSPS) is 11.2. The maximum Gasteiger partial charge on any atom is 0.266 e. The molecule has 2 aromatic carbocycles. The Bertz CT molecular complexity index is 872. The molecule has 0 aliphatic carbocycles. The first kappa shape index (κ1) is 19.3. The van der Waals surface area contributed by atoms with Crippen molar-refractivity contribution in [3.8, 4) is 11.8 Å². The lowest BCUT2D eigenvalue weighted by Crippen LogP contribution is -2.13. The van der Waals surface area contributed by atoms with Crippen molar-refractivity contribution in [2.45, 2.75) is 33.6 Å². The summed E-state index contributed by atoms with van der Waals surface area (Å²) in [4.78, 5) is 12.5. The molecule has 0 spiro atoms. The number of nitrogens with zero attached hydrogens (tertiary/aromatic N) is 1. The van der Waals surface area contributed by atoms with Crippen LogP contribution in [0, 0.1) is 25.2 Å². The second-order valence-corrected chi connectivity index (χ2v) is 6.60. The van der Waals surface area contributed by atoms with Gasteiger partial charge in [0.15, 0.2) is 0 Å². The summed E-state index contributed by atoms with van der Waals surface area (Å²) in [5.74, 6) is 0.666. The quantitative estimate of drug-likeness (QED) is 0.612. The highest BCUT2D eigenvalue weighted by molar-refractivity contribution is 6.09. The minimum absolute atomic E-state index is 0.0635. The lowest BCUT2D eigenvalue weighted by Gasteiger charge is -2.15. The van der Waals surface area contributed by atoms with Crippen molar-refractivity contribution in [3.63, 3.8) is 0 Å². The van der Waals surface area contributed by atoms with Crippen LogP contribution in [0.1, 0.15) is 42.0 Å². The molecular formula is C22H24N2O2. The molecule has 134 valence electrons. The molecule has 0 fully saturated rings. The fourth-order valence-electron chi connectivity index (χ4n) is 2.64. The predicted octanol–water partition coefficient (Wildman–Crippen LogP) is 4.98. The Balaban J connectivity index is 2.36. The van der Waals surface area contributed by atoms with E-state index in [2.05, 4.69) is 19.2 Å². The number of benzene rings is 2. The number of nitrogens with one attached hydrogen (secondary N) is 1. The van der Waals surface area contributed by atoms with E-state index in [-0.39, 0.29) is 11.5 Å². The zero-order valence-electron chi connectivity index (χ0n) is 15.9. The van der Waals surface area contributed by atoms with Crippen LogP contribution in [0.2, 0.25) is 0 Å². The molecule has 2 rings (SSSR count). The number of hydrogen-bond acceptors (Lipinski definition) is 3. The smallest absolute Gasteiger partial charge is 0.266 e. The molecular weight excluding hydrogens is 324 g/mol. The van der Waals surface area contributed by atoms with E-state index in [1.54, 1.807) is 13.2 Å². The minimum Gasteiger partial charge on any atom is -0.496 e. The van der Waals surface area contributed by atoms with Gasteiger partial charge in [0.25, 0.3) is 5.91 Å². The van der Waals surface area contributed by atoms with E-state index in [0.717, 1.165) is 28.0 Å². The summed E-state index contributed by atoms with van der Waals surface area (Å²) in [6.45, 7) is 8.07. The van der Waals surface area contributed by atoms with E-state index in [1.165, 1.54) is 0 Å². The Morgan fingerprint density at radius 1 is 1.19 bits per heavy atom. The first-order valence-corrected chi connectivity index (χ1v) is 8.54. The number of anilines is 1. The molecule has 0 saturated carbocycles. The largest absolute Gasteiger partial charge is 0.496 e. The number of hydrogen-bond donors (Lipinski definition) is 1. The van der Waals surface area contributed by atoms with Gasteiger partial charge in [0.05, 0.1) is 7.11 Å². The molecule has 0 atom stereocenters. The molecule has 0 radical (unpaired) electrons. The van der Waals surface area contributed by atoms with Crippen LogP contribution in [0.15, 0.2) is 42.0 Å². The lowest BCUT2D eigenvalue weighted by molar-refractivity contribution is -0.112. The monoisotopic (exact) mass is 348 g/mol. The molecule has 0 unspecified atom stereocenters. The van der Waals surface area contributed by atoms with Crippen molar-refractivity contribution in [2.75, 3.05) is 12.4 Å². The van der Waals surface area contributed by atoms with Gasteiger partial charge in [-0.25, -0.2) is 0 Å². The predicted molar refractivity (Wildman–Crippen MR) is 105 cm³/mol. The van der Waals surface area contributed by atoms with Gasteiger partial charge in [0.2, 0.25) is 0 Å². The minimum atomic E-state index is -0.419. The number of methoxy groups -OCH3 is 1. The Kier molecular flexibility index (Phi) is 6.19. The zero-order chi connectivity index (χ0) is 19.3. The molecule has 0 saturated heterocycles. The first-order valence-electron chi connectivity index (χ1n) is 8.54. The van der Waals surface area contributed by atoms with Gasteiger partial charge in [0, 0.05) is 5.69 Å². The number of carbonyl (C=O) groups is 1. The summed E-state index contributed by atoms with van der Waals surface area (Å²) < 4.78 is 5.44. The molecule has 26 heavy (non-hydrogen) atoms. The first-order chi connectivity index (χ1) is 12.3. The molecule has 0 aliphatic heterocycles. The topological polar surface area (TPSA) is 62.1 Å². The summed E-state index contributed by atoms with van der Waals surface area (Å²) in [5, 5.41) is 12.2. The van der Waals surface area contributed by atoms with Crippen LogP contribution in [-0.4, -0.2) is 13.0 Å². The SMILES string of the molecule is COc1cc(C)c(/C=C(\C#N)C(=O)Nc2ccc(C)cc2)cc1C(C)C. The molecule has 2 aromatic rings. The standard InChI is InChI=1S/C22H24N2O2/c1-14(2)20-12-17(16(4)10-21(20)26-5)11-18(13-23)22(25)24-19-8-6-15(3)7-9-19/h6-12,14H,1-5H3,(H,24,25)/b18-11+. The molecule has 4 heteroatoms. The van der Waals surface area contributed by atoms with Gasteiger partial charge in [-0.1, -0.05) is 31.5 Å². The molecule has 0 aromatic heterocycles. The van der Waals surface area contributed by atoms with Gasteiger partial charge in [-0.05, 0) is 66.8 Å². The van der Waals surface area contributed by atoms with Crippen molar-refractivity contribution < 1.29 is 9.53 Å². The van der Waals surface area contributed by atoms with Crippen LogP contribution in [0.4, 0.5) is 5.69 Å². The highest BCUT2D eigenvalue weighted by atomic mass is 16.5. The fourth-order valence-corrected chi connectivity index (χ4v) is 2.64. The van der Waals surface area contributed by atoms with E-state index in [9.17, 15) is 10.1 Å². The van der Waals surface area contributed by atoms with E-state index in [0.29, 0.717) is 5.69 Å². The number of amides is 1. The zero-order valence-corrected chi connectivity index (χ0v) is 15.9. The summed E-state index contributed by atoms with van der Waals surface area (Å²) >= 11 is 0. The number of carbonyl (C=O) groups excluding carboxylic acids is 1. The summed E-state index contributed by atoms with van der Waals surface area (Å²) in [5.41, 5.74) is 4.66. The number of ether oxygens (including phenoxy) is 1. The van der Waals surface area contributed by atoms with Crippen LogP contribution in [-0.2, 0) is 4.79 Å². The van der Waals surface area contributed by atoms with Crippen LogP contribution in [0.3, 0.4) is 0 Å². The van der Waals surface area contributed by atoms with Crippen LogP contribution < -0.4 is 10.1 Å². The van der Waals surface area contributed by atoms with E-state index < -0.39 is 5.91 Å². The fraction of sp³-hybridized carbons (Fsp3) is 0.273. The van der Waals surface area contributed by atoms with Gasteiger partial charge < -0.3 is 10.1 Å². The van der Waals surface area contributed by atoms with Crippen molar-refractivity contribution in [1.29, 1.82) is 5.26 Å². The maximum atomic E-state index is 12.5. The molecule has 0 heterocycles. The van der Waals surface area contributed by atoms with Gasteiger partial charge in [-0.3, -0.25) is 4.79 Å². The average molecular weight is 348 g/mol. The van der Waals surface area contributed by atoms with Crippen LogP contribution in [0.25, 0.3) is 6.08 Å². The molecule has 1 N–H and O–H groups in total. The summed E-state index contributed by atoms with van der Waals surface area (Å²) in [7, 11) is 1.64. The third-order valence-electron chi connectivity index (χ3n) is 4.21. The Morgan fingerprint density at radius 2 is 1.85 bits per heavy atom. The second-order valence-electron chi connectivity index (χ2n) is 6.60. The van der Waals surface area contributed by atoms with E-state index in [1.807, 2.05) is 56.3 Å². The number of nitriles is 1. The van der Waals surface area contributed by atoms with Crippen molar-refractivity contribution in [2.24, 2.45) is 0 Å². The molecule has 4 nitrogen and oxygen atoms in total. The van der Waals surface area contributed by atoms with Crippen LogP contribution in [0.5, 0.6) is 5.75 Å². The van der Waals surface area contributed by atoms with Gasteiger partial charge in [0.1, 0.15) is 17.4 Å². The van der Waals surface area contributed by atoms with Crippen LogP contribution >= 0.6 is 0 Å². The van der Waals surface area contributed by atoms with E-state index >= 15 is 0 Å². The van der Waals surface area contributed by atoms with Crippen molar-refractivity contribution >= 4 is 17.7 Å². The van der Waals surface area contributed by atoms with Gasteiger partial charge in [-0.2, -0.15) is 5.26 Å². The second kappa shape index (κ2) is 8.35. The number of rotatable bonds is 5. The average Bonchev–Trinajstić information content (AvgIpc) is 2.61. The van der Waals surface area contributed by atoms with Crippen molar-refractivity contribution in [3.05, 3.63) is 64.2 Å².